The molecule has 37 heavy (non-hydrogen) atoms. The standard InChI is InChI=1S/C27H25ClN4O4S/c1-17-14-19(15-25-26(33)31(27(34)37-25)21-8-6-20(28)7-9-21)18(2)30(17)22-10-11-23(24(16-22)32(35)36)29-12-4-3-5-13-29/h6-11,14-16H,3-5,12-13H2,1-2H3/b25-15-. The van der Waals surface area contributed by atoms with Crippen LogP contribution in [0.15, 0.2) is 53.4 Å². The van der Waals surface area contributed by atoms with E-state index in [2.05, 4.69) is 4.90 Å². The maximum Gasteiger partial charge on any atom is 0.298 e. The third-order valence-electron chi connectivity index (χ3n) is 6.75. The summed E-state index contributed by atoms with van der Waals surface area (Å²) in [5.74, 6) is -0.399. The van der Waals surface area contributed by atoms with Gasteiger partial charge in [-0.25, -0.2) is 4.90 Å². The molecular formula is C27H25ClN4O4S. The van der Waals surface area contributed by atoms with Gasteiger partial charge in [0.2, 0.25) is 0 Å². The molecule has 2 amide bonds. The summed E-state index contributed by atoms with van der Waals surface area (Å²) in [5.41, 5.74) is 4.31. The van der Waals surface area contributed by atoms with E-state index in [1.807, 2.05) is 36.6 Å². The number of aromatic nitrogens is 1. The molecule has 8 nitrogen and oxygen atoms in total. The molecule has 5 rings (SSSR count). The predicted molar refractivity (Wildman–Crippen MR) is 148 cm³/mol. The highest BCUT2D eigenvalue weighted by Gasteiger charge is 2.36. The smallest absolute Gasteiger partial charge is 0.298 e. The molecule has 0 saturated carbocycles. The number of carbonyl (C=O) groups excluding carboxylic acids is 2. The molecule has 2 saturated heterocycles. The zero-order valence-corrected chi connectivity index (χ0v) is 22.0. The Labute approximate surface area is 223 Å². The molecule has 0 radical (unpaired) electrons. The minimum Gasteiger partial charge on any atom is -0.366 e. The molecule has 2 fully saturated rings. The van der Waals surface area contributed by atoms with Gasteiger partial charge in [-0.15, -0.1) is 0 Å². The summed E-state index contributed by atoms with van der Waals surface area (Å²) < 4.78 is 1.93. The Kier molecular flexibility index (Phi) is 6.83. The summed E-state index contributed by atoms with van der Waals surface area (Å²) in [5, 5.41) is 12.1. The van der Waals surface area contributed by atoms with E-state index in [4.69, 9.17) is 11.6 Å². The van der Waals surface area contributed by atoms with E-state index in [9.17, 15) is 19.7 Å². The third-order valence-corrected chi connectivity index (χ3v) is 7.87. The number of piperidine rings is 1. The molecule has 3 aromatic rings. The first-order valence-electron chi connectivity index (χ1n) is 12.0. The van der Waals surface area contributed by atoms with E-state index in [1.54, 1.807) is 36.4 Å². The molecule has 2 aliphatic rings. The lowest BCUT2D eigenvalue weighted by Gasteiger charge is -2.28. The fourth-order valence-electron chi connectivity index (χ4n) is 4.95. The number of halogens is 1. The molecular weight excluding hydrogens is 512 g/mol. The second kappa shape index (κ2) is 10.1. The highest BCUT2D eigenvalue weighted by Crippen LogP contribution is 2.38. The highest BCUT2D eigenvalue weighted by atomic mass is 35.5. The molecule has 3 heterocycles. The average Bonchev–Trinajstić information content (AvgIpc) is 3.33. The first-order valence-corrected chi connectivity index (χ1v) is 13.2. The number of imide groups is 1. The zero-order valence-electron chi connectivity index (χ0n) is 20.4. The van der Waals surface area contributed by atoms with Gasteiger partial charge < -0.3 is 9.47 Å². The first kappa shape index (κ1) is 25.1. The highest BCUT2D eigenvalue weighted by molar-refractivity contribution is 8.19. The van der Waals surface area contributed by atoms with Crippen LogP contribution in [0.3, 0.4) is 0 Å². The summed E-state index contributed by atoms with van der Waals surface area (Å²) in [6.07, 6.45) is 4.91. The molecule has 2 aromatic carbocycles. The van der Waals surface area contributed by atoms with Crippen molar-refractivity contribution in [2.24, 2.45) is 0 Å². The summed E-state index contributed by atoms with van der Waals surface area (Å²) in [6.45, 7) is 5.44. The number of hydrogen-bond donors (Lipinski definition) is 0. The van der Waals surface area contributed by atoms with Gasteiger partial charge in [0, 0.05) is 35.6 Å². The van der Waals surface area contributed by atoms with Gasteiger partial charge in [0.15, 0.2) is 0 Å². The van der Waals surface area contributed by atoms with Crippen molar-refractivity contribution in [3.8, 4) is 5.69 Å². The predicted octanol–water partition coefficient (Wildman–Crippen LogP) is 6.89. The number of rotatable bonds is 5. The Morgan fingerprint density at radius 2 is 1.65 bits per heavy atom. The Hall–Kier alpha value is -3.56. The van der Waals surface area contributed by atoms with Gasteiger partial charge >= 0.3 is 0 Å². The topological polar surface area (TPSA) is 88.7 Å². The van der Waals surface area contributed by atoms with E-state index in [0.717, 1.165) is 66.0 Å². The van der Waals surface area contributed by atoms with Crippen LogP contribution < -0.4 is 9.80 Å². The van der Waals surface area contributed by atoms with Gasteiger partial charge in [0.25, 0.3) is 16.8 Å². The second-order valence-electron chi connectivity index (χ2n) is 9.13. The van der Waals surface area contributed by atoms with Crippen molar-refractivity contribution in [1.82, 2.24) is 4.57 Å². The van der Waals surface area contributed by atoms with Crippen molar-refractivity contribution in [3.63, 3.8) is 0 Å². The first-order chi connectivity index (χ1) is 17.7. The van der Waals surface area contributed by atoms with Crippen molar-refractivity contribution >= 4 is 57.6 Å². The number of nitrogens with zero attached hydrogens (tertiary/aromatic N) is 4. The lowest BCUT2D eigenvalue weighted by Crippen LogP contribution is -2.30. The van der Waals surface area contributed by atoms with E-state index in [0.29, 0.717) is 27.0 Å². The van der Waals surface area contributed by atoms with Gasteiger partial charge in [-0.05, 0) is 99.0 Å². The normalized spacial score (nSPS) is 17.2. The van der Waals surface area contributed by atoms with E-state index in [-0.39, 0.29) is 15.8 Å². The van der Waals surface area contributed by atoms with Crippen LogP contribution in [0.25, 0.3) is 11.8 Å². The number of thioether (sulfide) groups is 1. The van der Waals surface area contributed by atoms with E-state index in [1.165, 1.54) is 0 Å². The number of benzene rings is 2. The Balaban J connectivity index is 1.48. The van der Waals surface area contributed by atoms with E-state index >= 15 is 0 Å². The number of anilines is 2. The van der Waals surface area contributed by atoms with Crippen molar-refractivity contribution in [3.05, 3.63) is 85.5 Å². The van der Waals surface area contributed by atoms with Crippen molar-refractivity contribution in [1.29, 1.82) is 0 Å². The Morgan fingerprint density at radius 3 is 2.32 bits per heavy atom. The molecule has 2 aliphatic heterocycles. The molecule has 0 aliphatic carbocycles. The van der Waals surface area contributed by atoms with Gasteiger partial charge in [0.05, 0.1) is 21.2 Å². The average molecular weight is 537 g/mol. The number of amides is 2. The fourth-order valence-corrected chi connectivity index (χ4v) is 5.91. The molecule has 190 valence electrons. The monoisotopic (exact) mass is 536 g/mol. The third kappa shape index (κ3) is 4.76. The van der Waals surface area contributed by atoms with Gasteiger partial charge in [-0.2, -0.15) is 0 Å². The maximum absolute atomic E-state index is 13.1. The summed E-state index contributed by atoms with van der Waals surface area (Å²) >= 11 is 6.82. The fraction of sp³-hybridized carbons (Fsp3) is 0.259. The van der Waals surface area contributed by atoms with Crippen molar-refractivity contribution in [2.45, 2.75) is 33.1 Å². The van der Waals surface area contributed by atoms with Gasteiger partial charge in [-0.3, -0.25) is 19.7 Å². The SMILES string of the molecule is Cc1cc(/C=C2\SC(=O)N(c3ccc(Cl)cc3)C2=O)c(C)n1-c1ccc(N2CCCCC2)c([N+](=O)[O-])c1. The number of nitro benzene ring substituents is 1. The molecule has 0 bridgehead atoms. The van der Waals surface area contributed by atoms with Crippen LogP contribution >= 0.6 is 23.4 Å². The minimum absolute atomic E-state index is 0.0810. The number of nitro groups is 1. The van der Waals surface area contributed by atoms with Crippen molar-refractivity contribution < 1.29 is 14.5 Å². The van der Waals surface area contributed by atoms with Crippen LogP contribution in [0, 0.1) is 24.0 Å². The van der Waals surface area contributed by atoms with Gasteiger partial charge in [-0.1, -0.05) is 11.6 Å². The van der Waals surface area contributed by atoms with Crippen LogP contribution in [0.4, 0.5) is 21.9 Å². The van der Waals surface area contributed by atoms with Crippen LogP contribution in [-0.4, -0.2) is 33.7 Å². The zero-order chi connectivity index (χ0) is 26.3. The Bertz CT molecular complexity index is 1440. The molecule has 10 heteroatoms. The molecule has 0 atom stereocenters. The van der Waals surface area contributed by atoms with Crippen LogP contribution in [0.5, 0.6) is 0 Å². The number of aryl methyl sites for hydroxylation is 1. The quantitative estimate of drug-likeness (QED) is 0.200. The second-order valence-corrected chi connectivity index (χ2v) is 10.6. The summed E-state index contributed by atoms with van der Waals surface area (Å²) in [7, 11) is 0. The largest absolute Gasteiger partial charge is 0.366 e. The van der Waals surface area contributed by atoms with E-state index < -0.39 is 5.91 Å². The summed E-state index contributed by atoms with van der Waals surface area (Å²) in [6, 6.07) is 13.8. The van der Waals surface area contributed by atoms with Crippen LogP contribution in [0.2, 0.25) is 5.02 Å². The molecule has 1 aromatic heterocycles. The Morgan fingerprint density at radius 1 is 0.973 bits per heavy atom. The number of carbonyl (C=O) groups is 2. The summed E-state index contributed by atoms with van der Waals surface area (Å²) in [4.78, 5) is 40.9. The lowest BCUT2D eigenvalue weighted by atomic mass is 10.1. The lowest BCUT2D eigenvalue weighted by molar-refractivity contribution is -0.384. The number of hydrogen-bond acceptors (Lipinski definition) is 6. The minimum atomic E-state index is -0.399. The molecule has 0 N–H and O–H groups in total. The molecule has 0 spiro atoms. The van der Waals surface area contributed by atoms with Crippen LogP contribution in [0.1, 0.15) is 36.2 Å². The molecule has 0 unspecified atom stereocenters. The van der Waals surface area contributed by atoms with Crippen LogP contribution in [-0.2, 0) is 4.79 Å². The van der Waals surface area contributed by atoms with Gasteiger partial charge in [0.1, 0.15) is 5.69 Å². The van der Waals surface area contributed by atoms with Crippen molar-refractivity contribution in [2.75, 3.05) is 22.9 Å². The maximum atomic E-state index is 13.1.